The highest BCUT2D eigenvalue weighted by Gasteiger charge is 2.41. The van der Waals surface area contributed by atoms with Gasteiger partial charge in [0, 0.05) is 6.08 Å². The molecule has 1 fully saturated rings. The summed E-state index contributed by atoms with van der Waals surface area (Å²) in [7, 11) is 0. The van der Waals surface area contributed by atoms with Crippen molar-refractivity contribution in [2.45, 2.75) is 25.2 Å². The van der Waals surface area contributed by atoms with Crippen molar-refractivity contribution in [1.82, 2.24) is 0 Å². The van der Waals surface area contributed by atoms with Crippen LogP contribution in [0.3, 0.4) is 0 Å². The van der Waals surface area contributed by atoms with Crippen LogP contribution in [0.15, 0.2) is 12.2 Å². The number of fused-ring (bicyclic) bond motifs is 1. The van der Waals surface area contributed by atoms with E-state index in [2.05, 4.69) is 0 Å². The molecule has 0 aromatic rings. The summed E-state index contributed by atoms with van der Waals surface area (Å²) in [5, 5.41) is 9.50. The van der Waals surface area contributed by atoms with Crippen molar-refractivity contribution in [3.8, 4) is 0 Å². The monoisotopic (exact) mass is 242 g/mol. The first-order chi connectivity index (χ1) is 8.08. The largest absolute Gasteiger partial charge is 0.463 e. The van der Waals surface area contributed by atoms with Gasteiger partial charge in [-0.25, -0.2) is 9.59 Å². The highest BCUT2D eigenvalue weighted by molar-refractivity contribution is 5.82. The second-order valence-corrected chi connectivity index (χ2v) is 4.14. The van der Waals surface area contributed by atoms with Gasteiger partial charge < -0.3 is 19.3 Å². The van der Waals surface area contributed by atoms with E-state index in [0.29, 0.717) is 0 Å². The number of hydrogen-bond acceptors (Lipinski definition) is 6. The Kier molecular flexibility index (Phi) is 3.44. The van der Waals surface area contributed by atoms with Gasteiger partial charge in [-0.15, -0.1) is 0 Å². The Hall–Kier alpha value is -1.40. The maximum atomic E-state index is 11.4. The molecular weight excluding hydrogens is 228 g/mol. The second-order valence-electron chi connectivity index (χ2n) is 4.14. The molecule has 2 aliphatic heterocycles. The third-order valence-electron chi connectivity index (χ3n) is 2.74. The van der Waals surface area contributed by atoms with Gasteiger partial charge in [-0.2, -0.15) is 0 Å². The normalized spacial score (nSPS) is 35.1. The number of aliphatic hydroxyl groups is 1. The molecule has 0 aromatic heterocycles. The lowest BCUT2D eigenvalue weighted by atomic mass is 10.1. The first-order valence-corrected chi connectivity index (χ1v) is 5.43. The first-order valence-electron chi connectivity index (χ1n) is 5.43. The Morgan fingerprint density at radius 2 is 2.06 bits per heavy atom. The number of rotatable bonds is 1. The van der Waals surface area contributed by atoms with E-state index < -0.39 is 30.3 Å². The van der Waals surface area contributed by atoms with E-state index in [1.54, 1.807) is 0 Å². The molecule has 0 aliphatic carbocycles. The van der Waals surface area contributed by atoms with Crippen molar-refractivity contribution >= 4 is 11.9 Å². The van der Waals surface area contributed by atoms with Crippen LogP contribution in [0.2, 0.25) is 0 Å². The standard InChI is InChI=1S/C11H14O6/c1-6(12)8-2-3-9(13)15-4-7-5-16-11(14)10(7)17-8/h2-3,6-8,10,12H,4-5H2,1H3. The Labute approximate surface area is 98.1 Å². The average molecular weight is 242 g/mol. The van der Waals surface area contributed by atoms with Crippen LogP contribution in [-0.2, 0) is 23.8 Å². The highest BCUT2D eigenvalue weighted by Crippen LogP contribution is 2.23. The van der Waals surface area contributed by atoms with Gasteiger partial charge in [0.05, 0.1) is 12.0 Å². The van der Waals surface area contributed by atoms with Gasteiger partial charge in [0.2, 0.25) is 0 Å². The fourth-order valence-electron chi connectivity index (χ4n) is 1.75. The maximum Gasteiger partial charge on any atom is 0.335 e. The number of esters is 2. The van der Waals surface area contributed by atoms with E-state index >= 15 is 0 Å². The molecule has 17 heavy (non-hydrogen) atoms. The predicted octanol–water partition coefficient (Wildman–Crippen LogP) is -0.593. The van der Waals surface area contributed by atoms with E-state index in [1.165, 1.54) is 19.1 Å². The molecule has 0 spiro atoms. The smallest absolute Gasteiger partial charge is 0.335 e. The summed E-state index contributed by atoms with van der Waals surface area (Å²) in [5.74, 6) is -1.31. The number of carbonyl (C=O) groups excluding carboxylic acids is 2. The fourth-order valence-corrected chi connectivity index (χ4v) is 1.75. The van der Waals surface area contributed by atoms with E-state index in [0.717, 1.165) is 0 Å². The minimum atomic E-state index is -0.828. The predicted molar refractivity (Wildman–Crippen MR) is 54.9 cm³/mol. The zero-order chi connectivity index (χ0) is 12.4. The summed E-state index contributed by atoms with van der Waals surface area (Å²) in [4.78, 5) is 22.7. The zero-order valence-electron chi connectivity index (χ0n) is 9.37. The van der Waals surface area contributed by atoms with Crippen LogP contribution >= 0.6 is 0 Å². The van der Waals surface area contributed by atoms with Gasteiger partial charge in [0.1, 0.15) is 19.3 Å². The molecule has 0 bridgehead atoms. The summed E-state index contributed by atoms with van der Waals surface area (Å²) in [6.07, 6.45) is 0.250. The third-order valence-corrected chi connectivity index (χ3v) is 2.74. The van der Waals surface area contributed by atoms with Crippen LogP contribution in [0.4, 0.5) is 0 Å². The van der Waals surface area contributed by atoms with Crippen LogP contribution in [0, 0.1) is 5.92 Å². The molecule has 0 saturated carbocycles. The number of hydrogen-bond donors (Lipinski definition) is 1. The number of carbonyl (C=O) groups is 2. The fraction of sp³-hybridized carbons (Fsp3) is 0.636. The minimum absolute atomic E-state index is 0.0755. The lowest BCUT2D eigenvalue weighted by Gasteiger charge is -2.21. The third kappa shape index (κ3) is 2.65. The van der Waals surface area contributed by atoms with Gasteiger partial charge in [0.15, 0.2) is 6.10 Å². The molecule has 4 unspecified atom stereocenters. The van der Waals surface area contributed by atoms with Crippen LogP contribution < -0.4 is 0 Å². The van der Waals surface area contributed by atoms with Crippen LogP contribution in [0.25, 0.3) is 0 Å². The van der Waals surface area contributed by atoms with Gasteiger partial charge in [-0.05, 0) is 13.0 Å². The molecule has 4 atom stereocenters. The number of cyclic esters (lactones) is 2. The van der Waals surface area contributed by atoms with Crippen molar-refractivity contribution in [3.05, 3.63) is 12.2 Å². The maximum absolute atomic E-state index is 11.4. The molecule has 2 rings (SSSR count). The molecule has 94 valence electrons. The Morgan fingerprint density at radius 1 is 1.35 bits per heavy atom. The molecule has 1 N–H and O–H groups in total. The lowest BCUT2D eigenvalue weighted by Crippen LogP contribution is -2.36. The minimum Gasteiger partial charge on any atom is -0.463 e. The molecule has 6 heteroatoms. The second kappa shape index (κ2) is 4.85. The van der Waals surface area contributed by atoms with Gasteiger partial charge in [0.25, 0.3) is 0 Å². The SMILES string of the molecule is CC(O)C1C=CC(=O)OCC2COC(=O)C2O1. The molecule has 0 aromatic carbocycles. The Morgan fingerprint density at radius 3 is 2.76 bits per heavy atom. The highest BCUT2D eigenvalue weighted by atomic mass is 16.6. The first kappa shape index (κ1) is 12.1. The molecule has 0 radical (unpaired) electrons. The van der Waals surface area contributed by atoms with Crippen molar-refractivity contribution in [2.24, 2.45) is 5.92 Å². The van der Waals surface area contributed by atoms with Crippen molar-refractivity contribution in [2.75, 3.05) is 13.2 Å². The van der Waals surface area contributed by atoms with Gasteiger partial charge in [-0.3, -0.25) is 0 Å². The van der Waals surface area contributed by atoms with Crippen molar-refractivity contribution in [1.29, 1.82) is 0 Å². The Balaban J connectivity index is 2.19. The van der Waals surface area contributed by atoms with Crippen LogP contribution in [0.5, 0.6) is 0 Å². The molecule has 6 nitrogen and oxygen atoms in total. The van der Waals surface area contributed by atoms with E-state index in [-0.39, 0.29) is 19.1 Å². The molecular formula is C11H14O6. The van der Waals surface area contributed by atoms with E-state index in [9.17, 15) is 14.7 Å². The molecule has 1 saturated heterocycles. The zero-order valence-corrected chi connectivity index (χ0v) is 9.37. The topological polar surface area (TPSA) is 82.1 Å². The average Bonchev–Trinajstić information content (AvgIpc) is 2.64. The molecule has 0 amide bonds. The summed E-state index contributed by atoms with van der Waals surface area (Å²) in [6, 6.07) is 0. The van der Waals surface area contributed by atoms with E-state index in [1.807, 2.05) is 0 Å². The molecule has 2 heterocycles. The lowest BCUT2D eigenvalue weighted by molar-refractivity contribution is -0.153. The summed E-state index contributed by atoms with van der Waals surface area (Å²) >= 11 is 0. The molecule has 2 aliphatic rings. The summed E-state index contributed by atoms with van der Waals surface area (Å²) in [5.41, 5.74) is 0. The van der Waals surface area contributed by atoms with Crippen LogP contribution in [0.1, 0.15) is 6.92 Å². The van der Waals surface area contributed by atoms with Crippen molar-refractivity contribution < 1.29 is 28.9 Å². The van der Waals surface area contributed by atoms with Crippen molar-refractivity contribution in [3.63, 3.8) is 0 Å². The number of aliphatic hydroxyl groups excluding tert-OH is 1. The van der Waals surface area contributed by atoms with Gasteiger partial charge >= 0.3 is 11.9 Å². The van der Waals surface area contributed by atoms with E-state index in [4.69, 9.17) is 14.2 Å². The van der Waals surface area contributed by atoms with Crippen LogP contribution in [-0.4, -0.2) is 48.6 Å². The number of ether oxygens (including phenoxy) is 3. The Bertz CT molecular complexity index is 348. The van der Waals surface area contributed by atoms with Gasteiger partial charge in [-0.1, -0.05) is 0 Å². The summed E-state index contributed by atoms with van der Waals surface area (Å²) in [6.45, 7) is 1.77. The quantitative estimate of drug-likeness (QED) is 0.619. The summed E-state index contributed by atoms with van der Waals surface area (Å²) < 4.78 is 15.3.